The molecule has 8 nitrogen and oxygen atoms in total. The number of aromatic nitrogens is 3. The highest BCUT2D eigenvalue weighted by molar-refractivity contribution is 5.95. The molecule has 2 atom stereocenters. The quantitative estimate of drug-likeness (QED) is 0.312. The van der Waals surface area contributed by atoms with Crippen LogP contribution in [0, 0.1) is 5.41 Å². The van der Waals surface area contributed by atoms with Crippen LogP contribution in [-0.4, -0.2) is 21.0 Å². The van der Waals surface area contributed by atoms with Crippen LogP contribution in [0.25, 0.3) is 6.08 Å². The fourth-order valence-corrected chi connectivity index (χ4v) is 3.46. The number of nitrogens with zero attached hydrogens (tertiary/aromatic N) is 4. The first kappa shape index (κ1) is 17.6. The fourth-order valence-electron chi connectivity index (χ4n) is 3.46. The number of azo groups is 1. The molecule has 0 fully saturated rings. The molecular weight excluding hydrogens is 352 g/mol. The number of hydrogen-bond donors (Lipinski definition) is 4. The van der Waals surface area contributed by atoms with E-state index in [4.69, 9.17) is 16.9 Å². The molecule has 2 heterocycles. The Morgan fingerprint density at radius 3 is 2.64 bits per heavy atom. The molecule has 140 valence electrons. The third-order valence-electron chi connectivity index (χ3n) is 4.95. The standard InChI is InChI=1S/C20H20N8/c1-11-15(16-8-9-25-27-16)7-4-13-10-24-20(23)18(17(11)13)28-26-14-5-2-12(3-6-14)19(21)22/h2-11,15H,1H3,(H3,21,22)(H2,23,24)(H,25,27). The summed E-state index contributed by atoms with van der Waals surface area (Å²) in [5.74, 6) is 0.619. The summed E-state index contributed by atoms with van der Waals surface area (Å²) in [7, 11) is 0. The lowest BCUT2D eigenvalue weighted by molar-refractivity contribution is 0.649. The maximum absolute atomic E-state index is 7.46. The highest BCUT2D eigenvalue weighted by Gasteiger charge is 2.28. The number of pyridine rings is 1. The molecule has 3 aromatic rings. The Morgan fingerprint density at radius 2 is 1.96 bits per heavy atom. The Bertz CT molecular complexity index is 1060. The lowest BCUT2D eigenvalue weighted by Crippen LogP contribution is -2.13. The van der Waals surface area contributed by atoms with E-state index in [1.54, 1.807) is 36.7 Å². The first-order chi connectivity index (χ1) is 13.5. The molecule has 0 bridgehead atoms. The Hall–Kier alpha value is -3.81. The molecule has 2 aromatic heterocycles. The summed E-state index contributed by atoms with van der Waals surface area (Å²) in [6.07, 6.45) is 7.69. The molecular formula is C20H20N8. The number of nitrogens with one attached hydrogen (secondary N) is 2. The number of H-pyrrole nitrogens is 1. The minimum Gasteiger partial charge on any atom is -0.384 e. The van der Waals surface area contributed by atoms with Gasteiger partial charge >= 0.3 is 0 Å². The van der Waals surface area contributed by atoms with Crippen molar-refractivity contribution in [2.75, 3.05) is 5.73 Å². The van der Waals surface area contributed by atoms with Gasteiger partial charge in [0.1, 0.15) is 11.5 Å². The van der Waals surface area contributed by atoms with E-state index in [9.17, 15) is 0 Å². The first-order valence-electron chi connectivity index (χ1n) is 8.86. The number of fused-ring (bicyclic) bond motifs is 1. The van der Waals surface area contributed by atoms with Crippen LogP contribution in [0.4, 0.5) is 17.2 Å². The maximum Gasteiger partial charge on any atom is 0.151 e. The smallest absolute Gasteiger partial charge is 0.151 e. The van der Waals surface area contributed by atoms with E-state index in [1.807, 2.05) is 12.1 Å². The SMILES string of the molecule is CC1c2c(cnc(N)c2N=Nc2ccc(C(=N)N)cc2)C=CC1c1ccn[nH]1. The van der Waals surface area contributed by atoms with Crippen molar-refractivity contribution in [3.05, 3.63) is 71.2 Å². The van der Waals surface area contributed by atoms with Crippen LogP contribution in [0.1, 0.15) is 41.1 Å². The van der Waals surface area contributed by atoms with E-state index in [2.05, 4.69) is 38.4 Å². The van der Waals surface area contributed by atoms with Crippen molar-refractivity contribution in [2.45, 2.75) is 18.8 Å². The number of aromatic amines is 1. The van der Waals surface area contributed by atoms with E-state index in [-0.39, 0.29) is 17.7 Å². The second-order valence-corrected chi connectivity index (χ2v) is 6.71. The van der Waals surface area contributed by atoms with Crippen molar-refractivity contribution in [1.82, 2.24) is 15.2 Å². The zero-order chi connectivity index (χ0) is 19.7. The monoisotopic (exact) mass is 372 g/mol. The van der Waals surface area contributed by atoms with Gasteiger partial charge in [0.05, 0.1) is 5.69 Å². The number of amidine groups is 1. The van der Waals surface area contributed by atoms with Gasteiger partial charge in [-0.15, -0.1) is 5.11 Å². The predicted octanol–water partition coefficient (Wildman–Crippen LogP) is 4.00. The molecule has 2 unspecified atom stereocenters. The van der Waals surface area contributed by atoms with E-state index >= 15 is 0 Å². The molecule has 0 spiro atoms. The molecule has 6 N–H and O–H groups in total. The highest BCUT2D eigenvalue weighted by Crippen LogP contribution is 2.45. The topological polar surface area (TPSA) is 142 Å². The molecule has 0 saturated carbocycles. The Labute approximate surface area is 161 Å². The molecule has 8 heteroatoms. The number of allylic oxidation sites excluding steroid dienone is 1. The van der Waals surface area contributed by atoms with Gasteiger partial charge in [0.25, 0.3) is 0 Å². The van der Waals surface area contributed by atoms with Gasteiger partial charge in [-0.1, -0.05) is 19.1 Å². The third-order valence-corrected chi connectivity index (χ3v) is 4.95. The van der Waals surface area contributed by atoms with Crippen LogP contribution >= 0.6 is 0 Å². The van der Waals surface area contributed by atoms with Gasteiger partial charge < -0.3 is 11.5 Å². The molecule has 0 amide bonds. The number of rotatable bonds is 4. The van der Waals surface area contributed by atoms with Crippen LogP contribution in [0.15, 0.2) is 59.0 Å². The predicted molar refractivity (Wildman–Crippen MR) is 109 cm³/mol. The molecule has 0 saturated heterocycles. The Morgan fingerprint density at radius 1 is 1.18 bits per heavy atom. The van der Waals surface area contributed by atoms with Gasteiger partial charge in [-0.05, 0) is 47.4 Å². The normalized spacial score (nSPS) is 18.3. The van der Waals surface area contributed by atoms with Gasteiger partial charge in [-0.25, -0.2) is 4.98 Å². The molecule has 28 heavy (non-hydrogen) atoms. The number of benzene rings is 1. The summed E-state index contributed by atoms with van der Waals surface area (Å²) in [4.78, 5) is 4.27. The summed E-state index contributed by atoms with van der Waals surface area (Å²) in [6, 6.07) is 8.96. The molecule has 0 radical (unpaired) electrons. The minimum atomic E-state index is 0.0134. The van der Waals surface area contributed by atoms with Gasteiger partial charge in [0.2, 0.25) is 0 Å². The lowest BCUT2D eigenvalue weighted by Gasteiger charge is -2.27. The minimum absolute atomic E-state index is 0.0134. The fraction of sp³-hybridized carbons (Fsp3) is 0.150. The zero-order valence-corrected chi connectivity index (χ0v) is 15.3. The average molecular weight is 372 g/mol. The van der Waals surface area contributed by atoms with Gasteiger partial charge in [-0.2, -0.15) is 10.2 Å². The van der Waals surface area contributed by atoms with Gasteiger partial charge in [0, 0.05) is 29.6 Å². The van der Waals surface area contributed by atoms with Crippen molar-refractivity contribution in [2.24, 2.45) is 16.0 Å². The number of nitrogens with two attached hydrogens (primary N) is 2. The number of hydrogen-bond acceptors (Lipinski definition) is 6. The van der Waals surface area contributed by atoms with Crippen molar-refractivity contribution in [3.8, 4) is 0 Å². The lowest BCUT2D eigenvalue weighted by atomic mass is 9.79. The molecule has 1 aliphatic rings. The maximum atomic E-state index is 7.46. The van der Waals surface area contributed by atoms with Crippen molar-refractivity contribution >= 4 is 29.1 Å². The first-order valence-corrected chi connectivity index (χ1v) is 8.86. The summed E-state index contributed by atoms with van der Waals surface area (Å²) < 4.78 is 0. The van der Waals surface area contributed by atoms with Crippen LogP contribution in [0.3, 0.4) is 0 Å². The van der Waals surface area contributed by atoms with E-state index < -0.39 is 0 Å². The molecule has 4 rings (SSSR count). The zero-order valence-electron chi connectivity index (χ0n) is 15.3. The molecule has 1 aromatic carbocycles. The van der Waals surface area contributed by atoms with Gasteiger partial charge in [-0.3, -0.25) is 10.5 Å². The van der Waals surface area contributed by atoms with E-state index in [0.717, 1.165) is 16.8 Å². The van der Waals surface area contributed by atoms with Crippen LogP contribution in [-0.2, 0) is 0 Å². The average Bonchev–Trinajstić information content (AvgIpc) is 3.22. The summed E-state index contributed by atoms with van der Waals surface area (Å²) in [5.41, 5.74) is 16.5. The summed E-state index contributed by atoms with van der Waals surface area (Å²) in [6.45, 7) is 2.13. The van der Waals surface area contributed by atoms with Crippen LogP contribution in [0.2, 0.25) is 0 Å². The third kappa shape index (κ3) is 3.16. The second kappa shape index (κ2) is 7.07. The van der Waals surface area contributed by atoms with Crippen molar-refractivity contribution < 1.29 is 0 Å². The van der Waals surface area contributed by atoms with E-state index in [0.29, 0.717) is 22.8 Å². The largest absolute Gasteiger partial charge is 0.384 e. The highest BCUT2D eigenvalue weighted by atomic mass is 15.1. The second-order valence-electron chi connectivity index (χ2n) is 6.71. The Kier molecular flexibility index (Phi) is 4.44. The molecule has 1 aliphatic carbocycles. The van der Waals surface area contributed by atoms with Crippen molar-refractivity contribution in [3.63, 3.8) is 0 Å². The van der Waals surface area contributed by atoms with Crippen LogP contribution in [0.5, 0.6) is 0 Å². The Balaban J connectivity index is 1.71. The van der Waals surface area contributed by atoms with Crippen LogP contribution < -0.4 is 11.5 Å². The van der Waals surface area contributed by atoms with E-state index in [1.165, 1.54) is 0 Å². The number of nitrogen functional groups attached to an aromatic ring is 2. The van der Waals surface area contributed by atoms with Crippen molar-refractivity contribution in [1.29, 1.82) is 5.41 Å². The molecule has 0 aliphatic heterocycles. The summed E-state index contributed by atoms with van der Waals surface area (Å²) >= 11 is 0. The number of anilines is 1. The van der Waals surface area contributed by atoms with Gasteiger partial charge in [0.15, 0.2) is 5.82 Å². The summed E-state index contributed by atoms with van der Waals surface area (Å²) in [5, 5.41) is 23.3.